The summed E-state index contributed by atoms with van der Waals surface area (Å²) < 4.78 is 5.27. The van der Waals surface area contributed by atoms with E-state index in [9.17, 15) is 5.11 Å². The van der Waals surface area contributed by atoms with Gasteiger partial charge in [0.15, 0.2) is 11.5 Å². The van der Waals surface area contributed by atoms with E-state index in [0.29, 0.717) is 5.75 Å². The van der Waals surface area contributed by atoms with Crippen LogP contribution in [-0.4, -0.2) is 27.4 Å². The van der Waals surface area contributed by atoms with E-state index in [4.69, 9.17) is 4.74 Å². The molecule has 0 aliphatic heterocycles. The molecule has 4 aromatic rings. The third-order valence-electron chi connectivity index (χ3n) is 5.45. The standard InChI is InChI=1S/C23H21N3O2/c1-13-9-21(27)22(28-2)12-17(13)14-7-8-16-19(10-14)25-26-23(16)20-11-15-5-3-4-6-18(15)24-20/h3,5,7-12,24,27H,4,6H2,1-2H3,(H,25,26). The van der Waals surface area contributed by atoms with Gasteiger partial charge in [-0.1, -0.05) is 18.2 Å². The van der Waals surface area contributed by atoms with Crippen molar-refractivity contribution in [2.45, 2.75) is 19.8 Å². The Morgan fingerprint density at radius 3 is 2.86 bits per heavy atom. The van der Waals surface area contributed by atoms with Crippen molar-refractivity contribution in [2.75, 3.05) is 7.11 Å². The first-order valence-corrected chi connectivity index (χ1v) is 9.39. The van der Waals surface area contributed by atoms with Crippen LogP contribution < -0.4 is 4.74 Å². The largest absolute Gasteiger partial charge is 0.504 e. The number of allylic oxidation sites excluding steroid dienone is 1. The molecule has 1 aliphatic carbocycles. The summed E-state index contributed by atoms with van der Waals surface area (Å²) in [7, 11) is 1.56. The van der Waals surface area contributed by atoms with E-state index in [2.05, 4.69) is 51.6 Å². The number of H-pyrrole nitrogens is 2. The number of hydrogen-bond acceptors (Lipinski definition) is 3. The third-order valence-corrected chi connectivity index (χ3v) is 5.45. The van der Waals surface area contributed by atoms with E-state index in [-0.39, 0.29) is 5.75 Å². The highest BCUT2D eigenvalue weighted by Crippen LogP contribution is 2.37. The Kier molecular flexibility index (Phi) is 3.76. The molecule has 0 fully saturated rings. The van der Waals surface area contributed by atoms with Gasteiger partial charge in [-0.05, 0) is 72.4 Å². The first kappa shape index (κ1) is 16.7. The summed E-state index contributed by atoms with van der Waals surface area (Å²) >= 11 is 0. The first-order chi connectivity index (χ1) is 13.6. The number of aromatic nitrogens is 3. The number of rotatable bonds is 3. The Bertz CT molecular complexity index is 1230. The van der Waals surface area contributed by atoms with Crippen LogP contribution in [-0.2, 0) is 6.42 Å². The molecular weight excluding hydrogens is 350 g/mol. The number of aromatic amines is 2. The molecule has 5 nitrogen and oxygen atoms in total. The van der Waals surface area contributed by atoms with Crippen molar-refractivity contribution in [1.29, 1.82) is 0 Å². The number of aromatic hydroxyl groups is 1. The highest BCUT2D eigenvalue weighted by atomic mass is 16.5. The lowest BCUT2D eigenvalue weighted by atomic mass is 9.98. The predicted molar refractivity (Wildman–Crippen MR) is 112 cm³/mol. The minimum atomic E-state index is 0.151. The Labute approximate surface area is 162 Å². The number of fused-ring (bicyclic) bond motifs is 2. The van der Waals surface area contributed by atoms with Gasteiger partial charge in [0.05, 0.1) is 18.3 Å². The lowest BCUT2D eigenvalue weighted by Gasteiger charge is -2.11. The lowest BCUT2D eigenvalue weighted by molar-refractivity contribution is 0.373. The molecule has 0 radical (unpaired) electrons. The van der Waals surface area contributed by atoms with Gasteiger partial charge >= 0.3 is 0 Å². The topological polar surface area (TPSA) is 73.9 Å². The molecule has 3 N–H and O–H groups in total. The molecule has 28 heavy (non-hydrogen) atoms. The number of nitrogens with one attached hydrogen (secondary N) is 2. The molecule has 2 aromatic carbocycles. The number of nitrogens with zero attached hydrogens (tertiary/aromatic N) is 1. The summed E-state index contributed by atoms with van der Waals surface area (Å²) in [4.78, 5) is 3.53. The molecule has 0 bridgehead atoms. The van der Waals surface area contributed by atoms with Crippen LogP contribution in [0.2, 0.25) is 0 Å². The van der Waals surface area contributed by atoms with Crippen LogP contribution in [0.4, 0.5) is 0 Å². The number of ether oxygens (including phenoxy) is 1. The molecule has 5 heteroatoms. The number of methoxy groups -OCH3 is 1. The Balaban J connectivity index is 1.59. The molecule has 1 aliphatic rings. The van der Waals surface area contributed by atoms with Gasteiger partial charge in [-0.25, -0.2) is 0 Å². The first-order valence-electron chi connectivity index (χ1n) is 9.39. The van der Waals surface area contributed by atoms with Crippen LogP contribution in [0.15, 0.2) is 42.5 Å². The molecule has 0 spiro atoms. The third kappa shape index (κ3) is 2.59. The van der Waals surface area contributed by atoms with Crippen molar-refractivity contribution in [3.63, 3.8) is 0 Å². The molecule has 0 atom stereocenters. The Morgan fingerprint density at radius 1 is 1.14 bits per heavy atom. The van der Waals surface area contributed by atoms with Gasteiger partial charge in [-0.2, -0.15) is 5.10 Å². The van der Waals surface area contributed by atoms with Crippen LogP contribution >= 0.6 is 0 Å². The van der Waals surface area contributed by atoms with Gasteiger partial charge in [0.2, 0.25) is 0 Å². The average Bonchev–Trinajstić information content (AvgIpc) is 3.31. The van der Waals surface area contributed by atoms with Crippen molar-refractivity contribution in [3.8, 4) is 34.0 Å². The van der Waals surface area contributed by atoms with E-state index in [1.165, 1.54) is 11.3 Å². The van der Waals surface area contributed by atoms with Gasteiger partial charge in [0.1, 0.15) is 5.69 Å². The van der Waals surface area contributed by atoms with Crippen molar-refractivity contribution in [2.24, 2.45) is 0 Å². The zero-order chi connectivity index (χ0) is 19.3. The van der Waals surface area contributed by atoms with Crippen molar-refractivity contribution < 1.29 is 9.84 Å². The molecule has 0 amide bonds. The molecule has 5 rings (SSSR count). The smallest absolute Gasteiger partial charge is 0.161 e. The van der Waals surface area contributed by atoms with Crippen LogP contribution in [0.5, 0.6) is 11.5 Å². The maximum atomic E-state index is 9.98. The second-order valence-electron chi connectivity index (χ2n) is 7.23. The molecule has 2 heterocycles. The number of phenolic OH excluding ortho intramolecular Hbond substituents is 1. The zero-order valence-electron chi connectivity index (χ0n) is 15.8. The summed E-state index contributed by atoms with van der Waals surface area (Å²) in [6.45, 7) is 1.98. The van der Waals surface area contributed by atoms with Gasteiger partial charge in [0, 0.05) is 11.1 Å². The van der Waals surface area contributed by atoms with E-state index in [0.717, 1.165) is 51.8 Å². The molecular formula is C23H21N3O2. The molecule has 140 valence electrons. The maximum Gasteiger partial charge on any atom is 0.161 e. The summed E-state index contributed by atoms with van der Waals surface area (Å²) in [6, 6.07) is 12.0. The maximum absolute atomic E-state index is 9.98. The number of phenols is 1. The van der Waals surface area contributed by atoms with Crippen LogP contribution in [0, 0.1) is 6.92 Å². The Morgan fingerprint density at radius 2 is 2.04 bits per heavy atom. The van der Waals surface area contributed by atoms with Gasteiger partial charge in [-0.3, -0.25) is 5.10 Å². The fourth-order valence-electron chi connectivity index (χ4n) is 3.97. The molecule has 2 aromatic heterocycles. The summed E-state index contributed by atoms with van der Waals surface area (Å²) in [6.07, 6.45) is 6.50. The van der Waals surface area contributed by atoms with Crippen LogP contribution in [0.1, 0.15) is 23.2 Å². The normalized spacial score (nSPS) is 13.1. The minimum Gasteiger partial charge on any atom is -0.504 e. The van der Waals surface area contributed by atoms with E-state index in [1.54, 1.807) is 13.2 Å². The van der Waals surface area contributed by atoms with E-state index >= 15 is 0 Å². The minimum absolute atomic E-state index is 0.151. The monoisotopic (exact) mass is 371 g/mol. The Hall–Kier alpha value is -3.47. The summed E-state index contributed by atoms with van der Waals surface area (Å²) in [5, 5.41) is 18.8. The number of aryl methyl sites for hydroxylation is 2. The molecule has 0 unspecified atom stereocenters. The van der Waals surface area contributed by atoms with Crippen molar-refractivity contribution in [3.05, 3.63) is 59.3 Å². The second kappa shape index (κ2) is 6.30. The predicted octanol–water partition coefficient (Wildman–Crippen LogP) is 5.21. The fourth-order valence-corrected chi connectivity index (χ4v) is 3.97. The van der Waals surface area contributed by atoms with Crippen LogP contribution in [0.25, 0.3) is 39.5 Å². The van der Waals surface area contributed by atoms with Gasteiger partial charge < -0.3 is 14.8 Å². The molecule has 0 saturated carbocycles. The number of hydrogen-bond donors (Lipinski definition) is 3. The summed E-state index contributed by atoms with van der Waals surface area (Å²) in [5.74, 6) is 0.620. The van der Waals surface area contributed by atoms with E-state index in [1.807, 2.05) is 13.0 Å². The van der Waals surface area contributed by atoms with Gasteiger partial charge in [0.25, 0.3) is 0 Å². The summed E-state index contributed by atoms with van der Waals surface area (Å²) in [5.41, 5.74) is 8.53. The highest BCUT2D eigenvalue weighted by molar-refractivity contribution is 5.95. The fraction of sp³-hybridized carbons (Fsp3) is 0.174. The zero-order valence-corrected chi connectivity index (χ0v) is 15.8. The average molecular weight is 371 g/mol. The van der Waals surface area contributed by atoms with E-state index < -0.39 is 0 Å². The highest BCUT2D eigenvalue weighted by Gasteiger charge is 2.16. The van der Waals surface area contributed by atoms with Crippen LogP contribution in [0.3, 0.4) is 0 Å². The molecule has 0 saturated heterocycles. The lowest BCUT2D eigenvalue weighted by Crippen LogP contribution is -1.90. The van der Waals surface area contributed by atoms with Crippen molar-refractivity contribution in [1.82, 2.24) is 15.2 Å². The second-order valence-corrected chi connectivity index (χ2v) is 7.23. The number of benzene rings is 2. The van der Waals surface area contributed by atoms with Crippen molar-refractivity contribution >= 4 is 17.0 Å². The quantitative estimate of drug-likeness (QED) is 0.463. The van der Waals surface area contributed by atoms with Gasteiger partial charge in [-0.15, -0.1) is 0 Å². The SMILES string of the molecule is COc1cc(-c2ccc3c(-c4cc5c([nH]4)CCC=C5)n[nH]c3c2)c(C)cc1O.